The Balaban J connectivity index is 2.07. The molecule has 1 aromatic heterocycles. The maximum atomic E-state index is 11.9. The van der Waals surface area contributed by atoms with Gasteiger partial charge < -0.3 is 19.6 Å². The van der Waals surface area contributed by atoms with E-state index in [1.165, 1.54) is 0 Å². The molecule has 1 unspecified atom stereocenters. The Morgan fingerprint density at radius 2 is 1.92 bits per heavy atom. The van der Waals surface area contributed by atoms with E-state index in [9.17, 15) is 9.90 Å². The quantitative estimate of drug-likeness (QED) is 0.727. The minimum absolute atomic E-state index is 0.319. The van der Waals surface area contributed by atoms with Crippen molar-refractivity contribution in [1.29, 1.82) is 0 Å². The number of para-hydroxylation sites is 1. The number of benzene rings is 2. The Morgan fingerprint density at radius 1 is 1.17 bits per heavy atom. The molecular formula is C18H18N2O4. The van der Waals surface area contributed by atoms with Crippen LogP contribution >= 0.6 is 0 Å². The number of carbonyl (C=O) groups is 1. The molecular weight excluding hydrogens is 308 g/mol. The summed E-state index contributed by atoms with van der Waals surface area (Å²) < 4.78 is 10.6. The number of nitrogens with one attached hydrogen (secondary N) is 1. The number of nitrogens with zero attached hydrogens (tertiary/aromatic N) is 1. The third-order valence-electron chi connectivity index (χ3n) is 4.09. The highest BCUT2D eigenvalue weighted by Crippen LogP contribution is 2.33. The molecule has 2 N–H and O–H groups in total. The summed E-state index contributed by atoms with van der Waals surface area (Å²) in [6, 6.07) is 11.0. The standard InChI is InChI=1S/C18H18N2O4/c1-23-14-6-4-3-5-11(14)9-13(18(21)22)12-7-8-15(24-2)17-16(12)19-10-20-17/h3-8,10,13H,9H2,1-2H3,(H,19,20)(H,21,22). The van der Waals surface area contributed by atoms with Gasteiger partial charge in [0.2, 0.25) is 0 Å². The van der Waals surface area contributed by atoms with Crippen molar-refractivity contribution >= 4 is 17.0 Å². The van der Waals surface area contributed by atoms with Gasteiger partial charge >= 0.3 is 5.97 Å². The Labute approximate surface area is 139 Å². The van der Waals surface area contributed by atoms with Gasteiger partial charge in [-0.05, 0) is 29.7 Å². The van der Waals surface area contributed by atoms with Crippen molar-refractivity contribution in [2.75, 3.05) is 14.2 Å². The smallest absolute Gasteiger partial charge is 0.311 e. The summed E-state index contributed by atoms with van der Waals surface area (Å²) in [5.41, 5.74) is 2.82. The van der Waals surface area contributed by atoms with Crippen LogP contribution in [0.3, 0.4) is 0 Å². The lowest BCUT2D eigenvalue weighted by atomic mass is 9.90. The first-order valence-electron chi connectivity index (χ1n) is 7.50. The number of hydrogen-bond acceptors (Lipinski definition) is 4. The van der Waals surface area contributed by atoms with Crippen molar-refractivity contribution in [3.63, 3.8) is 0 Å². The van der Waals surface area contributed by atoms with Crippen LogP contribution in [-0.4, -0.2) is 35.3 Å². The zero-order chi connectivity index (χ0) is 17.1. The van der Waals surface area contributed by atoms with Crippen LogP contribution in [0.2, 0.25) is 0 Å². The number of carboxylic acids is 1. The predicted octanol–water partition coefficient (Wildman–Crippen LogP) is 2.99. The number of carboxylic acid groups (broad SMARTS) is 1. The lowest BCUT2D eigenvalue weighted by Crippen LogP contribution is -2.15. The van der Waals surface area contributed by atoms with Gasteiger partial charge in [0.25, 0.3) is 0 Å². The fourth-order valence-corrected chi connectivity index (χ4v) is 2.91. The molecule has 3 aromatic rings. The number of imidazole rings is 1. The van der Waals surface area contributed by atoms with E-state index in [-0.39, 0.29) is 0 Å². The molecule has 0 aliphatic carbocycles. The summed E-state index contributed by atoms with van der Waals surface area (Å²) in [5.74, 6) is -0.341. The molecule has 0 aliphatic heterocycles. The van der Waals surface area contributed by atoms with Crippen LogP contribution in [0.25, 0.3) is 11.0 Å². The molecule has 0 saturated heterocycles. The number of ether oxygens (including phenoxy) is 2. The van der Waals surface area contributed by atoms with E-state index >= 15 is 0 Å². The zero-order valence-electron chi connectivity index (χ0n) is 13.4. The highest BCUT2D eigenvalue weighted by Gasteiger charge is 2.25. The van der Waals surface area contributed by atoms with Crippen molar-refractivity contribution in [1.82, 2.24) is 9.97 Å². The number of methoxy groups -OCH3 is 2. The monoisotopic (exact) mass is 326 g/mol. The van der Waals surface area contributed by atoms with Gasteiger partial charge in [-0.1, -0.05) is 24.3 Å². The van der Waals surface area contributed by atoms with Gasteiger partial charge in [-0.3, -0.25) is 4.79 Å². The van der Waals surface area contributed by atoms with Gasteiger partial charge in [-0.25, -0.2) is 4.98 Å². The van der Waals surface area contributed by atoms with Crippen molar-refractivity contribution in [3.05, 3.63) is 53.9 Å². The maximum absolute atomic E-state index is 11.9. The largest absolute Gasteiger partial charge is 0.496 e. The van der Waals surface area contributed by atoms with Crippen LogP contribution in [0.15, 0.2) is 42.7 Å². The number of rotatable bonds is 6. The number of aromatic nitrogens is 2. The van der Waals surface area contributed by atoms with Crippen molar-refractivity contribution in [3.8, 4) is 11.5 Å². The van der Waals surface area contributed by atoms with Crippen LogP contribution in [0.1, 0.15) is 17.0 Å². The van der Waals surface area contributed by atoms with Crippen molar-refractivity contribution < 1.29 is 19.4 Å². The number of aliphatic carboxylic acids is 1. The Kier molecular flexibility index (Phi) is 4.37. The second-order valence-electron chi connectivity index (χ2n) is 5.39. The lowest BCUT2D eigenvalue weighted by Gasteiger charge is -2.16. The highest BCUT2D eigenvalue weighted by atomic mass is 16.5. The third kappa shape index (κ3) is 2.78. The first-order chi connectivity index (χ1) is 11.7. The Bertz CT molecular complexity index is 872. The number of fused-ring (bicyclic) bond motifs is 1. The summed E-state index contributed by atoms with van der Waals surface area (Å²) in [4.78, 5) is 19.2. The molecule has 24 heavy (non-hydrogen) atoms. The first-order valence-corrected chi connectivity index (χ1v) is 7.50. The molecule has 0 saturated carbocycles. The zero-order valence-corrected chi connectivity index (χ0v) is 13.4. The SMILES string of the molecule is COc1ccccc1CC(C(=O)O)c1ccc(OC)c2nc[nH]c12. The van der Waals surface area contributed by atoms with Gasteiger partial charge in [0.15, 0.2) is 0 Å². The summed E-state index contributed by atoms with van der Waals surface area (Å²) >= 11 is 0. The molecule has 0 fully saturated rings. The number of H-pyrrole nitrogens is 1. The number of aromatic amines is 1. The van der Waals surface area contributed by atoms with Crippen LogP contribution in [0.4, 0.5) is 0 Å². The van der Waals surface area contributed by atoms with Crippen LogP contribution in [-0.2, 0) is 11.2 Å². The molecule has 124 valence electrons. The van der Waals surface area contributed by atoms with E-state index in [0.717, 1.165) is 5.56 Å². The lowest BCUT2D eigenvalue weighted by molar-refractivity contribution is -0.138. The van der Waals surface area contributed by atoms with Crippen LogP contribution in [0.5, 0.6) is 11.5 Å². The van der Waals surface area contributed by atoms with Crippen molar-refractivity contribution in [2.24, 2.45) is 0 Å². The van der Waals surface area contributed by atoms with Gasteiger partial charge in [-0.15, -0.1) is 0 Å². The summed E-state index contributed by atoms with van der Waals surface area (Å²) in [7, 11) is 3.14. The fraction of sp³-hybridized carbons (Fsp3) is 0.222. The van der Waals surface area contributed by atoms with Crippen LogP contribution < -0.4 is 9.47 Å². The summed E-state index contributed by atoms with van der Waals surface area (Å²) in [6.07, 6.45) is 1.86. The summed E-state index contributed by atoms with van der Waals surface area (Å²) in [6.45, 7) is 0. The molecule has 0 spiro atoms. The van der Waals surface area contributed by atoms with E-state index in [4.69, 9.17) is 9.47 Å². The molecule has 0 radical (unpaired) electrons. The molecule has 6 heteroatoms. The van der Waals surface area contributed by atoms with Gasteiger partial charge in [0.1, 0.15) is 17.0 Å². The summed E-state index contributed by atoms with van der Waals surface area (Å²) in [5, 5.41) is 9.77. The minimum Gasteiger partial charge on any atom is -0.496 e. The van der Waals surface area contributed by atoms with Gasteiger partial charge in [0.05, 0.1) is 32.0 Å². The van der Waals surface area contributed by atoms with E-state index in [2.05, 4.69) is 9.97 Å². The maximum Gasteiger partial charge on any atom is 0.311 e. The Hall–Kier alpha value is -3.02. The average molecular weight is 326 g/mol. The second kappa shape index (κ2) is 6.62. The molecule has 0 amide bonds. The Morgan fingerprint density at radius 3 is 2.62 bits per heavy atom. The molecule has 6 nitrogen and oxygen atoms in total. The molecule has 1 atom stereocenters. The molecule has 3 rings (SSSR count). The second-order valence-corrected chi connectivity index (χ2v) is 5.39. The van der Waals surface area contributed by atoms with Gasteiger partial charge in [0, 0.05) is 0 Å². The fourth-order valence-electron chi connectivity index (χ4n) is 2.91. The highest BCUT2D eigenvalue weighted by molar-refractivity contribution is 5.89. The number of hydrogen-bond donors (Lipinski definition) is 2. The average Bonchev–Trinajstić information content (AvgIpc) is 3.09. The van der Waals surface area contributed by atoms with E-state index in [1.54, 1.807) is 32.7 Å². The molecule has 0 bridgehead atoms. The molecule has 2 aromatic carbocycles. The van der Waals surface area contributed by atoms with Crippen molar-refractivity contribution in [2.45, 2.75) is 12.3 Å². The van der Waals surface area contributed by atoms with E-state index in [0.29, 0.717) is 34.5 Å². The first kappa shape index (κ1) is 15.9. The molecule has 1 heterocycles. The van der Waals surface area contributed by atoms with Gasteiger partial charge in [-0.2, -0.15) is 0 Å². The molecule has 0 aliphatic rings. The topological polar surface area (TPSA) is 84.4 Å². The third-order valence-corrected chi connectivity index (χ3v) is 4.09. The minimum atomic E-state index is -0.901. The normalized spacial score (nSPS) is 12.1. The van der Waals surface area contributed by atoms with E-state index in [1.807, 2.05) is 24.3 Å². The predicted molar refractivity (Wildman–Crippen MR) is 89.7 cm³/mol. The van der Waals surface area contributed by atoms with E-state index < -0.39 is 11.9 Å². The van der Waals surface area contributed by atoms with Crippen LogP contribution in [0, 0.1) is 0 Å².